The third kappa shape index (κ3) is 4.56. The number of hydrogen-bond acceptors (Lipinski definition) is 9. The zero-order valence-electron chi connectivity index (χ0n) is 15.9. The average molecular weight is 527 g/mol. The summed E-state index contributed by atoms with van der Waals surface area (Å²) in [6, 6.07) is 13.5. The van der Waals surface area contributed by atoms with Crippen LogP contribution < -0.4 is 10.3 Å². The van der Waals surface area contributed by atoms with Gasteiger partial charge in [0, 0.05) is 11.1 Å². The molecule has 4 aromatic rings. The Bertz CT molecular complexity index is 1440. The van der Waals surface area contributed by atoms with Crippen molar-refractivity contribution in [3.63, 3.8) is 0 Å². The van der Waals surface area contributed by atoms with Crippen LogP contribution in [0.2, 0.25) is 0 Å². The topological polar surface area (TPSA) is 163 Å². The van der Waals surface area contributed by atoms with E-state index in [-0.39, 0.29) is 8.42 Å². The van der Waals surface area contributed by atoms with E-state index >= 15 is 0 Å². The van der Waals surface area contributed by atoms with Crippen molar-refractivity contribution in [3.05, 3.63) is 60.9 Å². The van der Waals surface area contributed by atoms with Gasteiger partial charge in [0.15, 0.2) is 8.42 Å². The standard InChI is InChI=1S/C18H14N4O5S5/c19-31(24,25)15-9-21-17(28-15)11-5-1-3-7-13(11)30(23)14-8-4-2-6-12(14)18-22-10-16(29-18)32(20,26)27/h1-10H,(H2,19,24,25)(H2,20,26,27). The molecule has 9 nitrogen and oxygen atoms in total. The smallest absolute Gasteiger partial charge is 0.249 e. The first kappa shape index (κ1) is 22.8. The van der Waals surface area contributed by atoms with Crippen molar-refractivity contribution in [1.82, 2.24) is 9.97 Å². The number of thiazole rings is 2. The fourth-order valence-corrected chi connectivity index (χ4v) is 7.44. The second-order valence-corrected chi connectivity index (χ2v) is 13.4. The predicted molar refractivity (Wildman–Crippen MR) is 123 cm³/mol. The summed E-state index contributed by atoms with van der Waals surface area (Å²) in [5.41, 5.74) is 0.981. The third-order valence-corrected chi connectivity index (χ3v) is 10.6. The maximum atomic E-state index is 13.6. The third-order valence-electron chi connectivity index (χ3n) is 4.16. The highest BCUT2D eigenvalue weighted by Crippen LogP contribution is 2.37. The van der Waals surface area contributed by atoms with Crippen molar-refractivity contribution in [3.8, 4) is 21.1 Å². The van der Waals surface area contributed by atoms with Gasteiger partial charge in [-0.05, 0) is 12.1 Å². The number of primary sulfonamides is 2. The lowest BCUT2D eigenvalue weighted by atomic mass is 10.2. The normalized spacial score (nSPS) is 12.3. The minimum absolute atomic E-state index is 0.105. The quantitative estimate of drug-likeness (QED) is 0.389. The van der Waals surface area contributed by atoms with Crippen LogP contribution in [0.5, 0.6) is 0 Å². The molecule has 0 atom stereocenters. The van der Waals surface area contributed by atoms with Crippen molar-refractivity contribution >= 4 is 53.5 Å². The van der Waals surface area contributed by atoms with Crippen LogP contribution in [-0.2, 0) is 30.8 Å². The molecule has 0 saturated heterocycles. The van der Waals surface area contributed by atoms with E-state index in [1.54, 1.807) is 48.5 Å². The Morgan fingerprint density at radius 3 is 1.41 bits per heavy atom. The number of rotatable bonds is 6. The first-order chi connectivity index (χ1) is 15.1. The Labute approximate surface area is 194 Å². The van der Waals surface area contributed by atoms with Crippen molar-refractivity contribution in [2.24, 2.45) is 10.3 Å². The number of nitrogens with zero attached hydrogens (tertiary/aromatic N) is 2. The van der Waals surface area contributed by atoms with Crippen LogP contribution in [0.4, 0.5) is 0 Å². The molecule has 166 valence electrons. The van der Waals surface area contributed by atoms with Crippen LogP contribution in [0.15, 0.2) is 79.1 Å². The van der Waals surface area contributed by atoms with Crippen molar-refractivity contribution in [2.75, 3.05) is 0 Å². The Morgan fingerprint density at radius 1 is 0.688 bits per heavy atom. The SMILES string of the molecule is NS(=O)(=O)c1cnc(-c2ccccc2S(=O)c2ccccc2-c2ncc(S(N)(=O)=O)s2)s1. The first-order valence-corrected chi connectivity index (χ1v) is 14.5. The zero-order chi connectivity index (χ0) is 23.1. The molecule has 2 aromatic heterocycles. The zero-order valence-corrected chi connectivity index (χ0v) is 20.0. The lowest BCUT2D eigenvalue weighted by Crippen LogP contribution is -2.09. The van der Waals surface area contributed by atoms with E-state index in [1.165, 1.54) is 0 Å². The molecule has 0 bridgehead atoms. The van der Waals surface area contributed by atoms with Gasteiger partial charge in [0.2, 0.25) is 20.0 Å². The number of sulfonamides is 2. The number of benzene rings is 2. The molecule has 0 aliphatic heterocycles. The van der Waals surface area contributed by atoms with Crippen LogP contribution in [0.25, 0.3) is 21.1 Å². The Balaban J connectivity index is 1.81. The largest absolute Gasteiger partial charge is 0.249 e. The summed E-state index contributed by atoms with van der Waals surface area (Å²) in [5.74, 6) is 0. The van der Waals surface area contributed by atoms with Gasteiger partial charge in [-0.15, -0.1) is 22.7 Å². The highest BCUT2D eigenvalue weighted by molar-refractivity contribution is 7.91. The minimum atomic E-state index is -3.91. The van der Waals surface area contributed by atoms with E-state index in [4.69, 9.17) is 10.3 Å². The van der Waals surface area contributed by atoms with Crippen molar-refractivity contribution < 1.29 is 21.0 Å². The lowest BCUT2D eigenvalue weighted by Gasteiger charge is -2.10. The molecule has 0 unspecified atom stereocenters. The van der Waals surface area contributed by atoms with Gasteiger partial charge in [0.05, 0.1) is 33.0 Å². The second kappa shape index (κ2) is 8.55. The molecule has 0 radical (unpaired) electrons. The van der Waals surface area contributed by atoms with Crippen LogP contribution in [0.3, 0.4) is 0 Å². The van der Waals surface area contributed by atoms with E-state index in [0.29, 0.717) is 30.9 Å². The molecule has 0 saturated carbocycles. The van der Waals surface area contributed by atoms with Gasteiger partial charge < -0.3 is 0 Å². The number of nitrogens with two attached hydrogens (primary N) is 2. The summed E-state index contributed by atoms with van der Waals surface area (Å²) in [4.78, 5) is 9.07. The van der Waals surface area contributed by atoms with E-state index < -0.39 is 30.8 Å². The summed E-state index contributed by atoms with van der Waals surface area (Å²) in [6.45, 7) is 0. The van der Waals surface area contributed by atoms with Gasteiger partial charge in [-0.3, -0.25) is 0 Å². The molecule has 0 spiro atoms. The Hall–Kier alpha value is -2.33. The maximum Gasteiger partial charge on any atom is 0.249 e. The van der Waals surface area contributed by atoms with E-state index in [9.17, 15) is 21.0 Å². The predicted octanol–water partition coefficient (Wildman–Crippen LogP) is 2.40. The summed E-state index contributed by atoms with van der Waals surface area (Å²) >= 11 is 1.75. The number of hydrogen-bond donors (Lipinski definition) is 2. The summed E-state index contributed by atoms with van der Waals surface area (Å²) in [7, 11) is -9.55. The number of aromatic nitrogens is 2. The molecule has 2 heterocycles. The van der Waals surface area contributed by atoms with Crippen LogP contribution in [-0.4, -0.2) is 31.0 Å². The minimum Gasteiger partial charge on any atom is -0.249 e. The van der Waals surface area contributed by atoms with Gasteiger partial charge in [-0.25, -0.2) is 41.3 Å². The molecule has 0 aliphatic carbocycles. The average Bonchev–Trinajstić information content (AvgIpc) is 3.43. The second-order valence-electron chi connectivity index (χ2n) is 6.32. The van der Waals surface area contributed by atoms with Gasteiger partial charge in [0.25, 0.3) is 0 Å². The van der Waals surface area contributed by atoms with Gasteiger partial charge in [-0.1, -0.05) is 36.4 Å². The molecule has 4 N–H and O–H groups in total. The summed E-state index contributed by atoms with van der Waals surface area (Å²) in [5, 5.41) is 11.1. The molecule has 0 aliphatic rings. The van der Waals surface area contributed by atoms with Gasteiger partial charge in [-0.2, -0.15) is 0 Å². The van der Waals surface area contributed by atoms with E-state index in [0.717, 1.165) is 35.1 Å². The summed E-state index contributed by atoms with van der Waals surface area (Å²) < 4.78 is 59.9. The highest BCUT2D eigenvalue weighted by atomic mass is 32.3. The molecular formula is C18H14N4O5S5. The molecule has 2 aromatic carbocycles. The van der Waals surface area contributed by atoms with Crippen LogP contribution >= 0.6 is 22.7 Å². The first-order valence-electron chi connectivity index (χ1n) is 8.63. The van der Waals surface area contributed by atoms with Crippen LogP contribution in [0.1, 0.15) is 0 Å². The summed E-state index contributed by atoms with van der Waals surface area (Å²) in [6.07, 6.45) is 2.32. The molecule has 0 amide bonds. The molecule has 32 heavy (non-hydrogen) atoms. The Morgan fingerprint density at radius 2 is 1.06 bits per heavy atom. The van der Waals surface area contributed by atoms with Crippen molar-refractivity contribution in [2.45, 2.75) is 18.2 Å². The van der Waals surface area contributed by atoms with E-state index in [1.807, 2.05) is 0 Å². The molecule has 0 fully saturated rings. The maximum absolute atomic E-state index is 13.6. The molecule has 14 heteroatoms. The lowest BCUT2D eigenvalue weighted by molar-refractivity contribution is 0.597. The molecular weight excluding hydrogens is 513 g/mol. The molecule has 4 rings (SSSR count). The fraction of sp³-hybridized carbons (Fsp3) is 0. The van der Waals surface area contributed by atoms with Crippen molar-refractivity contribution in [1.29, 1.82) is 0 Å². The van der Waals surface area contributed by atoms with Gasteiger partial charge >= 0.3 is 0 Å². The van der Waals surface area contributed by atoms with Gasteiger partial charge in [0.1, 0.15) is 10.0 Å². The highest BCUT2D eigenvalue weighted by Gasteiger charge is 2.22. The van der Waals surface area contributed by atoms with E-state index in [2.05, 4.69) is 9.97 Å². The monoisotopic (exact) mass is 526 g/mol. The fourth-order valence-electron chi connectivity index (χ4n) is 2.76. The van der Waals surface area contributed by atoms with Crippen LogP contribution in [0, 0.1) is 0 Å². The Kier molecular flexibility index (Phi) is 6.10.